The number of likely N-dealkylation sites (tertiary alicyclic amines) is 1. The van der Waals surface area contributed by atoms with Gasteiger partial charge in [-0.3, -0.25) is 19.4 Å². The van der Waals surface area contributed by atoms with Crippen LogP contribution < -0.4 is 4.74 Å². The monoisotopic (exact) mass is 364 g/mol. The van der Waals surface area contributed by atoms with Gasteiger partial charge < -0.3 is 4.74 Å². The maximum absolute atomic E-state index is 13.0. The van der Waals surface area contributed by atoms with Crippen molar-refractivity contribution in [2.75, 3.05) is 27.2 Å². The fourth-order valence-corrected chi connectivity index (χ4v) is 4.17. The van der Waals surface area contributed by atoms with Gasteiger partial charge in [0.2, 0.25) is 11.8 Å². The quantitative estimate of drug-likeness (QED) is 0.783. The number of benzene rings is 2. The molecule has 5 heteroatoms. The van der Waals surface area contributed by atoms with Crippen LogP contribution in [0.5, 0.6) is 5.75 Å². The van der Waals surface area contributed by atoms with E-state index >= 15 is 0 Å². The summed E-state index contributed by atoms with van der Waals surface area (Å²) in [5.74, 6) is 0.320. The molecule has 2 heterocycles. The molecular formula is C22H24N2O3. The lowest BCUT2D eigenvalue weighted by molar-refractivity contribution is -0.139. The highest BCUT2D eigenvalue weighted by Crippen LogP contribution is 2.35. The molecule has 5 nitrogen and oxygen atoms in total. The van der Waals surface area contributed by atoms with Crippen molar-refractivity contribution in [3.63, 3.8) is 0 Å². The third-order valence-corrected chi connectivity index (χ3v) is 5.78. The molecule has 0 N–H and O–H groups in total. The summed E-state index contributed by atoms with van der Waals surface area (Å²) in [6.07, 6.45) is 1.20. The number of nitrogens with zero attached hydrogens (tertiary/aromatic N) is 2. The number of imide groups is 1. The number of fused-ring (bicyclic) bond motifs is 1. The molecule has 2 aliphatic heterocycles. The van der Waals surface area contributed by atoms with Crippen LogP contribution in [0.3, 0.4) is 0 Å². The van der Waals surface area contributed by atoms with Gasteiger partial charge in [-0.25, -0.2) is 0 Å². The maximum atomic E-state index is 13.0. The molecule has 0 spiro atoms. The molecule has 0 bridgehead atoms. The number of carbonyl (C=O) groups excluding carboxylic acids is 2. The largest absolute Gasteiger partial charge is 0.497 e. The van der Waals surface area contributed by atoms with E-state index in [1.54, 1.807) is 7.11 Å². The first kappa shape index (κ1) is 17.7. The molecule has 140 valence electrons. The lowest BCUT2D eigenvalue weighted by atomic mass is 9.92. The zero-order valence-corrected chi connectivity index (χ0v) is 15.7. The second-order valence-corrected chi connectivity index (χ2v) is 7.32. The van der Waals surface area contributed by atoms with E-state index in [0.717, 1.165) is 24.3 Å². The van der Waals surface area contributed by atoms with Gasteiger partial charge in [0.15, 0.2) is 0 Å². The molecular weight excluding hydrogens is 340 g/mol. The van der Waals surface area contributed by atoms with Gasteiger partial charge in [-0.05, 0) is 42.3 Å². The summed E-state index contributed by atoms with van der Waals surface area (Å²) in [6.45, 7) is 1.29. The number of hydrogen-bond donors (Lipinski definition) is 0. The summed E-state index contributed by atoms with van der Waals surface area (Å²) in [5, 5.41) is 0. The van der Waals surface area contributed by atoms with Gasteiger partial charge in [-0.2, -0.15) is 0 Å². The molecule has 2 unspecified atom stereocenters. The van der Waals surface area contributed by atoms with Gasteiger partial charge in [0.1, 0.15) is 5.75 Å². The Kier molecular flexibility index (Phi) is 4.70. The first-order chi connectivity index (χ1) is 13.1. The molecule has 1 saturated heterocycles. The van der Waals surface area contributed by atoms with Gasteiger partial charge in [-0.15, -0.1) is 0 Å². The summed E-state index contributed by atoms with van der Waals surface area (Å²) < 4.78 is 5.34. The van der Waals surface area contributed by atoms with E-state index in [-0.39, 0.29) is 30.2 Å². The minimum absolute atomic E-state index is 0.0158. The predicted octanol–water partition coefficient (Wildman–Crippen LogP) is 2.77. The Morgan fingerprint density at radius 1 is 1.11 bits per heavy atom. The van der Waals surface area contributed by atoms with Gasteiger partial charge in [0.05, 0.1) is 19.1 Å². The molecule has 27 heavy (non-hydrogen) atoms. The molecule has 0 radical (unpaired) electrons. The Hall–Kier alpha value is -2.66. The molecule has 2 atom stereocenters. The maximum Gasteiger partial charge on any atom is 0.237 e. The normalized spacial score (nSPS) is 22.8. The van der Waals surface area contributed by atoms with Crippen LogP contribution in [0.15, 0.2) is 48.5 Å². The average molecular weight is 364 g/mol. The molecule has 2 aliphatic rings. The van der Waals surface area contributed by atoms with Crippen molar-refractivity contribution in [3.8, 4) is 5.75 Å². The topological polar surface area (TPSA) is 49.9 Å². The highest BCUT2D eigenvalue weighted by Gasteiger charge is 2.41. The Balaban J connectivity index is 1.59. The lowest BCUT2D eigenvalue weighted by Gasteiger charge is -2.36. The minimum atomic E-state index is -0.358. The number of likely N-dealkylation sites (N-methyl/N-ethyl adjacent to an activating group) is 1. The second-order valence-electron chi connectivity index (χ2n) is 7.32. The van der Waals surface area contributed by atoms with Gasteiger partial charge in [0.25, 0.3) is 0 Å². The zero-order chi connectivity index (χ0) is 19.0. The van der Waals surface area contributed by atoms with Crippen molar-refractivity contribution >= 4 is 11.8 Å². The Morgan fingerprint density at radius 3 is 2.63 bits per heavy atom. The number of ether oxygens (including phenoxy) is 1. The first-order valence-electron chi connectivity index (χ1n) is 9.34. The van der Waals surface area contributed by atoms with Crippen LogP contribution in [0.2, 0.25) is 0 Å². The predicted molar refractivity (Wildman–Crippen MR) is 103 cm³/mol. The molecule has 0 aliphatic carbocycles. The molecule has 2 aromatic rings. The Labute approximate surface area is 159 Å². The Bertz CT molecular complexity index is 865. The van der Waals surface area contributed by atoms with Crippen molar-refractivity contribution in [1.82, 2.24) is 9.80 Å². The summed E-state index contributed by atoms with van der Waals surface area (Å²) in [6, 6.07) is 15.7. The van der Waals surface area contributed by atoms with Crippen LogP contribution in [0, 0.1) is 0 Å². The Morgan fingerprint density at radius 2 is 1.89 bits per heavy atom. The third-order valence-electron chi connectivity index (χ3n) is 5.78. The third kappa shape index (κ3) is 3.23. The summed E-state index contributed by atoms with van der Waals surface area (Å²) in [4.78, 5) is 29.3. The van der Waals surface area contributed by atoms with E-state index in [9.17, 15) is 9.59 Å². The van der Waals surface area contributed by atoms with E-state index in [1.807, 2.05) is 36.4 Å². The standard InChI is InChI=1S/C22H24N2O3/c1-23-11-10-16-12-17(27-2)8-9-18(16)20(23)14-24-21(25)13-19(22(24)26)15-6-4-3-5-7-15/h3-9,12,19-20H,10-11,13-14H2,1-2H3. The molecule has 1 fully saturated rings. The van der Waals surface area contributed by atoms with Crippen molar-refractivity contribution < 1.29 is 14.3 Å². The van der Waals surface area contributed by atoms with Crippen LogP contribution in [0.25, 0.3) is 0 Å². The summed E-state index contributed by atoms with van der Waals surface area (Å²) >= 11 is 0. The number of rotatable bonds is 4. The van der Waals surface area contributed by atoms with E-state index in [0.29, 0.717) is 6.54 Å². The first-order valence-corrected chi connectivity index (χ1v) is 9.34. The number of methoxy groups -OCH3 is 1. The second kappa shape index (κ2) is 7.16. The van der Waals surface area contributed by atoms with Crippen LogP contribution >= 0.6 is 0 Å². The fraction of sp³-hybridized carbons (Fsp3) is 0.364. The number of amides is 2. The van der Waals surface area contributed by atoms with Crippen LogP contribution in [-0.2, 0) is 16.0 Å². The van der Waals surface area contributed by atoms with Gasteiger partial charge in [0, 0.05) is 19.5 Å². The smallest absolute Gasteiger partial charge is 0.237 e. The highest BCUT2D eigenvalue weighted by atomic mass is 16.5. The summed E-state index contributed by atoms with van der Waals surface area (Å²) in [7, 11) is 3.72. The SMILES string of the molecule is COc1ccc2c(c1)CCN(C)C2CN1C(=O)CC(c2ccccc2)C1=O. The number of hydrogen-bond acceptors (Lipinski definition) is 4. The number of carbonyl (C=O) groups is 2. The highest BCUT2D eigenvalue weighted by molar-refractivity contribution is 6.06. The average Bonchev–Trinajstić information content (AvgIpc) is 2.98. The molecule has 2 aromatic carbocycles. The van der Waals surface area contributed by atoms with E-state index in [2.05, 4.69) is 24.1 Å². The lowest BCUT2D eigenvalue weighted by Crippen LogP contribution is -2.42. The van der Waals surface area contributed by atoms with Gasteiger partial charge >= 0.3 is 0 Å². The summed E-state index contributed by atoms with van der Waals surface area (Å²) in [5.41, 5.74) is 3.32. The van der Waals surface area contributed by atoms with E-state index in [1.165, 1.54) is 16.0 Å². The van der Waals surface area contributed by atoms with Crippen molar-refractivity contribution in [2.24, 2.45) is 0 Å². The van der Waals surface area contributed by atoms with Crippen molar-refractivity contribution in [3.05, 3.63) is 65.2 Å². The minimum Gasteiger partial charge on any atom is -0.497 e. The van der Waals surface area contributed by atoms with Gasteiger partial charge in [-0.1, -0.05) is 36.4 Å². The molecule has 0 saturated carbocycles. The molecule has 2 amide bonds. The van der Waals surface area contributed by atoms with Crippen LogP contribution in [-0.4, -0.2) is 48.9 Å². The van der Waals surface area contributed by atoms with E-state index in [4.69, 9.17) is 4.74 Å². The van der Waals surface area contributed by atoms with Crippen molar-refractivity contribution in [2.45, 2.75) is 24.8 Å². The fourth-order valence-electron chi connectivity index (χ4n) is 4.17. The van der Waals surface area contributed by atoms with Crippen molar-refractivity contribution in [1.29, 1.82) is 0 Å². The van der Waals surface area contributed by atoms with Crippen LogP contribution in [0.1, 0.15) is 35.1 Å². The van der Waals surface area contributed by atoms with E-state index < -0.39 is 0 Å². The van der Waals surface area contributed by atoms with Crippen LogP contribution in [0.4, 0.5) is 0 Å². The zero-order valence-electron chi connectivity index (χ0n) is 15.7. The molecule has 4 rings (SSSR count). The molecule has 0 aromatic heterocycles.